The van der Waals surface area contributed by atoms with Gasteiger partial charge in [-0.05, 0) is 48.9 Å². The highest BCUT2D eigenvalue weighted by Crippen LogP contribution is 2.26. The van der Waals surface area contributed by atoms with Gasteiger partial charge in [-0.3, -0.25) is 4.79 Å². The molecule has 0 fully saturated rings. The highest BCUT2D eigenvalue weighted by Gasteiger charge is 2.14. The monoisotopic (exact) mass is 444 g/mol. The molecule has 0 unspecified atom stereocenters. The Morgan fingerprint density at radius 2 is 1.72 bits per heavy atom. The number of aryl methyl sites for hydroxylation is 1. The molecule has 1 amide bonds. The summed E-state index contributed by atoms with van der Waals surface area (Å²) < 4.78 is 7.26. The number of thioether (sulfide) groups is 1. The summed E-state index contributed by atoms with van der Waals surface area (Å²) in [5.41, 5.74) is 4.61. The molecular weight excluding hydrogens is 420 g/mol. The van der Waals surface area contributed by atoms with E-state index in [4.69, 9.17) is 4.74 Å². The number of nitrogens with one attached hydrogen (secondary N) is 1. The van der Waals surface area contributed by atoms with Gasteiger partial charge in [0.15, 0.2) is 11.0 Å². The van der Waals surface area contributed by atoms with E-state index in [1.807, 2.05) is 48.0 Å². The molecule has 0 aliphatic rings. The minimum absolute atomic E-state index is 0.219. The van der Waals surface area contributed by atoms with Crippen LogP contribution in [0.25, 0.3) is 11.4 Å². The summed E-state index contributed by atoms with van der Waals surface area (Å²) in [4.78, 5) is 12.6. The average Bonchev–Trinajstić information content (AvgIpc) is 3.19. The van der Waals surface area contributed by atoms with Crippen LogP contribution in [0.2, 0.25) is 0 Å². The van der Waals surface area contributed by atoms with Crippen molar-refractivity contribution in [1.29, 1.82) is 0 Å². The topological polar surface area (TPSA) is 69.0 Å². The number of ether oxygens (including phenoxy) is 1. The Hall–Kier alpha value is -3.58. The van der Waals surface area contributed by atoms with Crippen molar-refractivity contribution >= 4 is 23.4 Å². The highest BCUT2D eigenvalue weighted by molar-refractivity contribution is 7.98. The number of carbonyl (C=O) groups excluding carboxylic acids is 1. The first-order valence-electron chi connectivity index (χ1n) is 10.2. The third-order valence-electron chi connectivity index (χ3n) is 5.08. The van der Waals surface area contributed by atoms with E-state index < -0.39 is 0 Å². The first-order chi connectivity index (χ1) is 15.5. The van der Waals surface area contributed by atoms with Gasteiger partial charge >= 0.3 is 0 Å². The Balaban J connectivity index is 1.44. The van der Waals surface area contributed by atoms with Crippen LogP contribution in [0, 0.1) is 6.92 Å². The lowest BCUT2D eigenvalue weighted by Crippen LogP contribution is -2.13. The van der Waals surface area contributed by atoms with E-state index in [2.05, 4.69) is 46.7 Å². The van der Waals surface area contributed by atoms with Crippen molar-refractivity contribution in [2.24, 2.45) is 7.05 Å². The van der Waals surface area contributed by atoms with Crippen LogP contribution in [0.4, 0.5) is 5.69 Å². The SMILES string of the molecule is COc1ccccc1C(=O)Nc1ccc(-c2nnc(SCc3ccc(C)cc3)n2C)cc1. The Kier molecular flexibility index (Phi) is 6.56. The van der Waals surface area contributed by atoms with E-state index in [9.17, 15) is 4.79 Å². The zero-order valence-electron chi connectivity index (χ0n) is 18.2. The second-order valence-electron chi connectivity index (χ2n) is 7.37. The first kappa shape index (κ1) is 21.6. The molecule has 0 aliphatic carbocycles. The minimum Gasteiger partial charge on any atom is -0.496 e. The molecule has 7 heteroatoms. The van der Waals surface area contributed by atoms with Crippen molar-refractivity contribution in [3.8, 4) is 17.1 Å². The van der Waals surface area contributed by atoms with Gasteiger partial charge in [-0.25, -0.2) is 0 Å². The van der Waals surface area contributed by atoms with Crippen LogP contribution in [-0.4, -0.2) is 27.8 Å². The smallest absolute Gasteiger partial charge is 0.259 e. The second-order valence-corrected chi connectivity index (χ2v) is 8.31. The number of hydrogen-bond acceptors (Lipinski definition) is 5. The van der Waals surface area contributed by atoms with Gasteiger partial charge in [-0.1, -0.05) is 53.7 Å². The maximum atomic E-state index is 12.6. The molecule has 0 aliphatic heterocycles. The third-order valence-corrected chi connectivity index (χ3v) is 6.17. The molecule has 0 saturated heterocycles. The molecule has 32 heavy (non-hydrogen) atoms. The number of nitrogens with zero attached hydrogens (tertiary/aromatic N) is 3. The van der Waals surface area contributed by atoms with Crippen molar-refractivity contribution in [3.63, 3.8) is 0 Å². The van der Waals surface area contributed by atoms with Crippen LogP contribution in [0.3, 0.4) is 0 Å². The van der Waals surface area contributed by atoms with Crippen molar-refractivity contribution in [3.05, 3.63) is 89.5 Å². The van der Waals surface area contributed by atoms with Crippen molar-refractivity contribution in [1.82, 2.24) is 14.8 Å². The number of rotatable bonds is 7. The van der Waals surface area contributed by atoms with E-state index in [1.165, 1.54) is 11.1 Å². The largest absolute Gasteiger partial charge is 0.496 e. The van der Waals surface area contributed by atoms with Crippen molar-refractivity contribution < 1.29 is 9.53 Å². The predicted octanol–water partition coefficient (Wildman–Crippen LogP) is 5.34. The lowest BCUT2D eigenvalue weighted by Gasteiger charge is -2.10. The van der Waals surface area contributed by atoms with Gasteiger partial charge in [-0.2, -0.15) is 0 Å². The average molecular weight is 445 g/mol. The fourth-order valence-electron chi connectivity index (χ4n) is 3.26. The second kappa shape index (κ2) is 9.70. The zero-order valence-corrected chi connectivity index (χ0v) is 19.0. The summed E-state index contributed by atoms with van der Waals surface area (Å²) in [5, 5.41) is 12.5. The molecule has 1 N–H and O–H groups in total. The Bertz CT molecular complexity index is 1220. The van der Waals surface area contributed by atoms with E-state index in [0.717, 1.165) is 22.3 Å². The van der Waals surface area contributed by atoms with Crippen LogP contribution in [0.1, 0.15) is 21.5 Å². The lowest BCUT2D eigenvalue weighted by atomic mass is 10.1. The minimum atomic E-state index is -0.219. The van der Waals surface area contributed by atoms with Crippen molar-refractivity contribution in [2.45, 2.75) is 17.8 Å². The molecule has 1 aromatic heterocycles. The van der Waals surface area contributed by atoms with Crippen LogP contribution in [0.5, 0.6) is 5.75 Å². The Labute approximate surface area is 191 Å². The number of methoxy groups -OCH3 is 1. The molecule has 0 bridgehead atoms. The molecule has 4 rings (SSSR count). The van der Waals surface area contributed by atoms with Crippen LogP contribution in [-0.2, 0) is 12.8 Å². The van der Waals surface area contributed by atoms with Gasteiger partial charge in [-0.15, -0.1) is 10.2 Å². The van der Waals surface area contributed by atoms with Crippen LogP contribution in [0.15, 0.2) is 78.0 Å². The number of aromatic nitrogens is 3. The third kappa shape index (κ3) is 4.84. The lowest BCUT2D eigenvalue weighted by molar-refractivity contribution is 0.102. The van der Waals surface area contributed by atoms with E-state index in [-0.39, 0.29) is 5.91 Å². The van der Waals surface area contributed by atoms with E-state index in [0.29, 0.717) is 17.0 Å². The van der Waals surface area contributed by atoms with E-state index in [1.54, 1.807) is 31.0 Å². The van der Waals surface area contributed by atoms with Gasteiger partial charge in [0.05, 0.1) is 12.7 Å². The molecule has 0 radical (unpaired) electrons. The molecule has 0 atom stereocenters. The molecule has 162 valence electrons. The van der Waals surface area contributed by atoms with Gasteiger partial charge in [0, 0.05) is 24.1 Å². The fourth-order valence-corrected chi connectivity index (χ4v) is 4.12. The van der Waals surface area contributed by atoms with E-state index >= 15 is 0 Å². The molecule has 1 heterocycles. The number of carbonyl (C=O) groups is 1. The summed E-state index contributed by atoms with van der Waals surface area (Å²) in [6.07, 6.45) is 0. The number of anilines is 1. The zero-order chi connectivity index (χ0) is 22.5. The van der Waals surface area contributed by atoms with Crippen molar-refractivity contribution in [2.75, 3.05) is 12.4 Å². The quantitative estimate of drug-likeness (QED) is 0.390. The molecule has 3 aromatic carbocycles. The van der Waals surface area contributed by atoms with Gasteiger partial charge in [0.25, 0.3) is 5.91 Å². The molecular formula is C25H24N4O2S. The van der Waals surface area contributed by atoms with Gasteiger partial charge in [0.2, 0.25) is 0 Å². The van der Waals surface area contributed by atoms with Gasteiger partial charge < -0.3 is 14.6 Å². The molecule has 4 aromatic rings. The van der Waals surface area contributed by atoms with Crippen LogP contribution >= 0.6 is 11.8 Å². The maximum Gasteiger partial charge on any atom is 0.259 e. The number of amides is 1. The summed E-state index contributed by atoms with van der Waals surface area (Å²) in [6, 6.07) is 23.2. The van der Waals surface area contributed by atoms with Gasteiger partial charge in [0.1, 0.15) is 5.75 Å². The summed E-state index contributed by atoms with van der Waals surface area (Å²) in [7, 11) is 3.51. The first-order valence-corrected chi connectivity index (χ1v) is 11.2. The standard InChI is InChI=1S/C25H24N4O2S/c1-17-8-10-18(11-9-17)16-32-25-28-27-23(29(25)2)19-12-14-20(15-13-19)26-24(30)21-6-4-5-7-22(21)31-3/h4-15H,16H2,1-3H3,(H,26,30). The normalized spacial score (nSPS) is 10.7. The number of para-hydroxylation sites is 1. The summed E-state index contributed by atoms with van der Waals surface area (Å²) in [5.74, 6) is 1.93. The summed E-state index contributed by atoms with van der Waals surface area (Å²) in [6.45, 7) is 2.08. The molecule has 6 nitrogen and oxygen atoms in total. The fraction of sp³-hybridized carbons (Fsp3) is 0.160. The number of benzene rings is 3. The maximum absolute atomic E-state index is 12.6. The Morgan fingerprint density at radius 3 is 2.44 bits per heavy atom. The highest BCUT2D eigenvalue weighted by atomic mass is 32.2. The number of hydrogen-bond donors (Lipinski definition) is 1. The summed E-state index contributed by atoms with van der Waals surface area (Å²) >= 11 is 1.65. The predicted molar refractivity (Wildman–Crippen MR) is 128 cm³/mol. The molecule has 0 saturated carbocycles. The Morgan fingerprint density at radius 1 is 1.00 bits per heavy atom. The molecule has 0 spiro atoms. The van der Waals surface area contributed by atoms with Crippen LogP contribution < -0.4 is 10.1 Å².